The van der Waals surface area contributed by atoms with Gasteiger partial charge in [-0.2, -0.15) is 0 Å². The van der Waals surface area contributed by atoms with Crippen LogP contribution in [0.2, 0.25) is 0 Å². The number of carboxylic acid groups (broad SMARTS) is 1. The fraction of sp³-hybridized carbons (Fsp3) is 0.217. The monoisotopic (exact) mass is 454 g/mol. The number of aromatic nitrogens is 1. The molecule has 0 saturated heterocycles. The van der Waals surface area contributed by atoms with Crippen molar-refractivity contribution in [3.63, 3.8) is 0 Å². The lowest BCUT2D eigenvalue weighted by Gasteiger charge is -2.15. The highest BCUT2D eigenvalue weighted by Crippen LogP contribution is 2.22. The summed E-state index contributed by atoms with van der Waals surface area (Å²) in [4.78, 5) is 35.8. The van der Waals surface area contributed by atoms with Crippen LogP contribution in [0.15, 0.2) is 59.1 Å². The van der Waals surface area contributed by atoms with Gasteiger partial charge in [0.2, 0.25) is 5.76 Å². The minimum absolute atomic E-state index is 0.0848. The Bertz CT molecular complexity index is 1130. The summed E-state index contributed by atoms with van der Waals surface area (Å²) in [5, 5.41) is 20.8. The number of nitrogens with one attached hydrogen (secondary N) is 3. The van der Waals surface area contributed by atoms with Crippen LogP contribution in [0.4, 0.5) is 20.6 Å². The third-order valence-corrected chi connectivity index (χ3v) is 4.59. The molecule has 0 radical (unpaired) electrons. The summed E-state index contributed by atoms with van der Waals surface area (Å²) in [5.41, 5.74) is 1.94. The highest BCUT2D eigenvalue weighted by Gasteiger charge is 2.24. The van der Waals surface area contributed by atoms with Gasteiger partial charge in [0, 0.05) is 23.0 Å². The molecule has 3 aromatic rings. The van der Waals surface area contributed by atoms with E-state index in [1.54, 1.807) is 24.3 Å². The number of anilines is 2. The standard InChI is InChI=1S/C23H23FN4O5/c1-13(2)11-19(22(30)31)27-21(29)20-12-18(28-33-20)14-3-7-16(8-4-14)25-23(32)26-17-9-5-15(24)6-10-17/h3-10,12-13,19H,11H2,1-2H3,(H,27,29)(H,30,31)(H2,25,26,32)/t19-/m0/s1. The number of carboxylic acids is 1. The van der Waals surface area contributed by atoms with Crippen LogP contribution in [0.1, 0.15) is 30.8 Å². The molecular formula is C23H23FN4O5. The van der Waals surface area contributed by atoms with Crippen molar-refractivity contribution >= 4 is 29.3 Å². The molecule has 0 aliphatic rings. The second-order valence-electron chi connectivity index (χ2n) is 7.73. The Balaban J connectivity index is 1.61. The van der Waals surface area contributed by atoms with Crippen LogP contribution in [0.25, 0.3) is 11.3 Å². The van der Waals surface area contributed by atoms with Gasteiger partial charge in [0.1, 0.15) is 17.6 Å². The van der Waals surface area contributed by atoms with Gasteiger partial charge in [-0.3, -0.25) is 4.79 Å². The van der Waals surface area contributed by atoms with E-state index < -0.39 is 29.8 Å². The number of carbonyl (C=O) groups is 3. The average molecular weight is 454 g/mol. The first kappa shape index (κ1) is 23.5. The highest BCUT2D eigenvalue weighted by atomic mass is 19.1. The summed E-state index contributed by atoms with van der Waals surface area (Å²) < 4.78 is 18.0. The zero-order valence-electron chi connectivity index (χ0n) is 18.0. The minimum Gasteiger partial charge on any atom is -0.480 e. The molecule has 9 nitrogen and oxygen atoms in total. The van der Waals surface area contributed by atoms with E-state index in [2.05, 4.69) is 21.1 Å². The Hall–Kier alpha value is -4.21. The molecule has 0 saturated carbocycles. The second kappa shape index (κ2) is 10.4. The molecule has 3 rings (SSSR count). The number of hydrogen-bond donors (Lipinski definition) is 4. The third kappa shape index (κ3) is 6.63. The van der Waals surface area contributed by atoms with Gasteiger partial charge < -0.3 is 25.6 Å². The first-order valence-corrected chi connectivity index (χ1v) is 10.2. The molecule has 0 fully saturated rings. The maximum Gasteiger partial charge on any atom is 0.326 e. The highest BCUT2D eigenvalue weighted by molar-refractivity contribution is 6.00. The number of rotatable bonds is 8. The van der Waals surface area contributed by atoms with Gasteiger partial charge in [0.25, 0.3) is 5.91 Å². The van der Waals surface area contributed by atoms with Crippen LogP contribution in [-0.2, 0) is 4.79 Å². The van der Waals surface area contributed by atoms with Crippen molar-refractivity contribution in [2.24, 2.45) is 5.92 Å². The minimum atomic E-state index is -1.12. The summed E-state index contributed by atoms with van der Waals surface area (Å²) in [6.45, 7) is 3.72. The Morgan fingerprint density at radius 2 is 1.58 bits per heavy atom. The van der Waals surface area contributed by atoms with Crippen molar-refractivity contribution < 1.29 is 28.4 Å². The van der Waals surface area contributed by atoms with Crippen molar-refractivity contribution in [3.8, 4) is 11.3 Å². The maximum atomic E-state index is 12.9. The molecule has 0 unspecified atom stereocenters. The van der Waals surface area contributed by atoms with Gasteiger partial charge in [0.05, 0.1) is 0 Å². The van der Waals surface area contributed by atoms with Gasteiger partial charge in [-0.25, -0.2) is 14.0 Å². The summed E-state index contributed by atoms with van der Waals surface area (Å²) >= 11 is 0. The van der Waals surface area contributed by atoms with Crippen LogP contribution < -0.4 is 16.0 Å². The lowest BCUT2D eigenvalue weighted by atomic mass is 10.0. The summed E-state index contributed by atoms with van der Waals surface area (Å²) in [7, 11) is 0. The predicted molar refractivity (Wildman–Crippen MR) is 119 cm³/mol. The van der Waals surface area contributed by atoms with E-state index in [1.165, 1.54) is 30.3 Å². The smallest absolute Gasteiger partial charge is 0.326 e. The molecule has 172 valence electrons. The Morgan fingerprint density at radius 1 is 1.00 bits per heavy atom. The Labute approximate surface area is 189 Å². The van der Waals surface area contributed by atoms with Crippen LogP contribution in [-0.4, -0.2) is 34.2 Å². The number of nitrogens with zero attached hydrogens (tertiary/aromatic N) is 1. The number of carbonyl (C=O) groups excluding carboxylic acids is 2. The quantitative estimate of drug-likeness (QED) is 0.400. The largest absolute Gasteiger partial charge is 0.480 e. The first-order chi connectivity index (χ1) is 15.7. The number of halogens is 1. The zero-order valence-corrected chi connectivity index (χ0v) is 18.0. The van der Waals surface area contributed by atoms with Crippen molar-refractivity contribution in [3.05, 3.63) is 66.2 Å². The molecular weight excluding hydrogens is 431 g/mol. The van der Waals surface area contributed by atoms with E-state index in [0.29, 0.717) is 22.6 Å². The first-order valence-electron chi connectivity index (χ1n) is 10.2. The lowest BCUT2D eigenvalue weighted by Crippen LogP contribution is -2.41. The summed E-state index contributed by atoms with van der Waals surface area (Å²) in [6, 6.07) is 11.9. The van der Waals surface area contributed by atoms with E-state index in [9.17, 15) is 23.9 Å². The molecule has 1 heterocycles. The van der Waals surface area contributed by atoms with E-state index in [4.69, 9.17) is 4.52 Å². The number of benzene rings is 2. The molecule has 33 heavy (non-hydrogen) atoms. The zero-order chi connectivity index (χ0) is 24.0. The van der Waals surface area contributed by atoms with Gasteiger partial charge >= 0.3 is 12.0 Å². The van der Waals surface area contributed by atoms with Gasteiger partial charge in [-0.1, -0.05) is 31.1 Å². The SMILES string of the molecule is CC(C)C[C@H](NC(=O)c1cc(-c2ccc(NC(=O)Nc3ccc(F)cc3)cc2)no1)C(=O)O. The number of hydrogen-bond acceptors (Lipinski definition) is 5. The van der Waals surface area contributed by atoms with Gasteiger partial charge in [0.15, 0.2) is 0 Å². The average Bonchev–Trinajstić information content (AvgIpc) is 3.25. The number of urea groups is 1. The maximum absolute atomic E-state index is 12.9. The van der Waals surface area contributed by atoms with Crippen LogP contribution >= 0.6 is 0 Å². The molecule has 1 aromatic heterocycles. The lowest BCUT2D eigenvalue weighted by molar-refractivity contribution is -0.139. The molecule has 0 spiro atoms. The van der Waals surface area contributed by atoms with E-state index in [-0.39, 0.29) is 18.1 Å². The molecule has 3 amide bonds. The van der Waals surface area contributed by atoms with Crippen molar-refractivity contribution in [1.82, 2.24) is 10.5 Å². The van der Waals surface area contributed by atoms with E-state index in [0.717, 1.165) is 0 Å². The normalized spacial score (nSPS) is 11.6. The number of amides is 3. The fourth-order valence-electron chi connectivity index (χ4n) is 2.99. The van der Waals surface area contributed by atoms with Gasteiger partial charge in [-0.05, 0) is 48.7 Å². The molecule has 0 aliphatic heterocycles. The van der Waals surface area contributed by atoms with Crippen molar-refractivity contribution in [1.29, 1.82) is 0 Å². The van der Waals surface area contributed by atoms with Crippen molar-refractivity contribution in [2.45, 2.75) is 26.3 Å². The van der Waals surface area contributed by atoms with Crippen LogP contribution in [0, 0.1) is 11.7 Å². The number of aliphatic carboxylic acids is 1. The topological polar surface area (TPSA) is 134 Å². The van der Waals surface area contributed by atoms with Gasteiger partial charge in [-0.15, -0.1) is 0 Å². The molecule has 0 bridgehead atoms. The third-order valence-electron chi connectivity index (χ3n) is 4.59. The fourth-order valence-corrected chi connectivity index (χ4v) is 2.99. The molecule has 0 aliphatic carbocycles. The summed E-state index contributed by atoms with van der Waals surface area (Å²) in [5.74, 6) is -2.22. The Kier molecular flexibility index (Phi) is 7.39. The molecule has 1 atom stereocenters. The van der Waals surface area contributed by atoms with E-state index >= 15 is 0 Å². The van der Waals surface area contributed by atoms with Crippen LogP contribution in [0.3, 0.4) is 0 Å². The second-order valence-corrected chi connectivity index (χ2v) is 7.73. The molecule has 4 N–H and O–H groups in total. The van der Waals surface area contributed by atoms with Crippen LogP contribution in [0.5, 0.6) is 0 Å². The molecule has 10 heteroatoms. The molecule has 2 aromatic carbocycles. The van der Waals surface area contributed by atoms with E-state index in [1.807, 2.05) is 13.8 Å². The summed E-state index contributed by atoms with van der Waals surface area (Å²) in [6.07, 6.45) is 0.283. The van der Waals surface area contributed by atoms with Crippen molar-refractivity contribution in [2.75, 3.05) is 10.6 Å². The Morgan fingerprint density at radius 3 is 2.12 bits per heavy atom. The predicted octanol–water partition coefficient (Wildman–Crippen LogP) is 4.35.